The summed E-state index contributed by atoms with van der Waals surface area (Å²) in [7, 11) is 0. The highest BCUT2D eigenvalue weighted by atomic mass is 79.9. The number of Topliss-reactive ketones (excluding diaryl/α,β-unsaturated/α-hetero) is 1. The van der Waals surface area contributed by atoms with E-state index in [1.807, 2.05) is 12.1 Å². The summed E-state index contributed by atoms with van der Waals surface area (Å²) in [6.07, 6.45) is 1.30. The number of H-pyrrole nitrogens is 2. The van der Waals surface area contributed by atoms with Gasteiger partial charge in [0.1, 0.15) is 5.82 Å². The van der Waals surface area contributed by atoms with E-state index in [-0.39, 0.29) is 22.7 Å². The maximum absolute atomic E-state index is 12.9. The Kier molecular flexibility index (Phi) is 3.22. The van der Waals surface area contributed by atoms with Crippen molar-refractivity contribution in [3.05, 3.63) is 48.0 Å². The minimum atomic E-state index is -0.295. The summed E-state index contributed by atoms with van der Waals surface area (Å²) >= 11 is 5.04. The van der Waals surface area contributed by atoms with E-state index in [9.17, 15) is 9.59 Å². The van der Waals surface area contributed by atoms with Crippen LogP contribution in [0.5, 0.6) is 0 Å². The van der Waals surface area contributed by atoms with Gasteiger partial charge in [-0.3, -0.25) is 19.8 Å². The SMILES string of the molecule is CC1(C)CC(=O)C2=C(C1)Nc1[nH][nH]c(=O)c1[C@H]2c1ccc(Br)s1. The van der Waals surface area contributed by atoms with Gasteiger partial charge in [-0.05, 0) is 39.9 Å². The van der Waals surface area contributed by atoms with Crippen LogP contribution in [0.25, 0.3) is 0 Å². The topological polar surface area (TPSA) is 77.8 Å². The van der Waals surface area contributed by atoms with Crippen molar-refractivity contribution in [2.75, 3.05) is 5.32 Å². The van der Waals surface area contributed by atoms with Crippen molar-refractivity contribution in [3.8, 4) is 0 Å². The van der Waals surface area contributed by atoms with Crippen molar-refractivity contribution in [1.29, 1.82) is 0 Å². The third-order valence-corrected chi connectivity index (χ3v) is 6.16. The third-order valence-electron chi connectivity index (χ3n) is 4.47. The average Bonchev–Trinajstić information content (AvgIpc) is 3.02. The molecule has 4 rings (SSSR count). The lowest BCUT2D eigenvalue weighted by Gasteiger charge is -2.37. The first-order chi connectivity index (χ1) is 10.9. The van der Waals surface area contributed by atoms with Crippen LogP contribution in [-0.4, -0.2) is 16.0 Å². The molecule has 5 nitrogen and oxygen atoms in total. The van der Waals surface area contributed by atoms with Crippen molar-refractivity contribution in [3.63, 3.8) is 0 Å². The maximum Gasteiger partial charge on any atom is 0.270 e. The number of carbonyl (C=O) groups excluding carboxylic acids is 1. The van der Waals surface area contributed by atoms with E-state index in [4.69, 9.17) is 0 Å². The highest BCUT2D eigenvalue weighted by Gasteiger charge is 2.42. The molecule has 7 heteroatoms. The number of halogens is 1. The summed E-state index contributed by atoms with van der Waals surface area (Å²) in [4.78, 5) is 26.2. The van der Waals surface area contributed by atoms with Gasteiger partial charge >= 0.3 is 0 Å². The second-order valence-corrected chi connectivity index (χ2v) is 9.40. The Balaban J connectivity index is 1.95. The molecule has 0 saturated carbocycles. The first-order valence-electron chi connectivity index (χ1n) is 7.45. The van der Waals surface area contributed by atoms with E-state index in [0.29, 0.717) is 17.8 Å². The summed E-state index contributed by atoms with van der Waals surface area (Å²) < 4.78 is 0.991. The number of anilines is 1. The highest BCUT2D eigenvalue weighted by Crippen LogP contribution is 2.48. The summed E-state index contributed by atoms with van der Waals surface area (Å²) in [5.74, 6) is 0.509. The molecule has 0 radical (unpaired) electrons. The Hall–Kier alpha value is -1.60. The van der Waals surface area contributed by atoms with E-state index in [1.54, 1.807) is 11.3 Å². The molecular formula is C16H16BrN3O2S. The number of hydrogen-bond acceptors (Lipinski definition) is 4. The standard InChI is InChI=1S/C16H16BrN3O2S/c1-16(2)5-7-11(8(21)6-16)12(9-3-4-10(17)23-9)13-14(18-7)19-20-15(13)22/h3-4,12H,5-6H2,1-2H3,(H3,18,19,20,22)/t12-/m0/s1. The van der Waals surface area contributed by atoms with Crippen LogP contribution in [0.3, 0.4) is 0 Å². The second kappa shape index (κ2) is 4.95. The van der Waals surface area contributed by atoms with Gasteiger partial charge in [-0.15, -0.1) is 11.3 Å². The molecule has 0 spiro atoms. The number of allylic oxidation sites excluding steroid dienone is 2. The number of thiophene rings is 1. The van der Waals surface area contributed by atoms with E-state index in [2.05, 4.69) is 45.3 Å². The Morgan fingerprint density at radius 3 is 2.70 bits per heavy atom. The van der Waals surface area contributed by atoms with Crippen LogP contribution in [0.4, 0.5) is 5.82 Å². The van der Waals surface area contributed by atoms with Crippen LogP contribution in [0.15, 0.2) is 32.0 Å². The normalized spacial score (nSPS) is 22.6. The van der Waals surface area contributed by atoms with Gasteiger partial charge < -0.3 is 5.32 Å². The van der Waals surface area contributed by atoms with Crippen LogP contribution < -0.4 is 10.9 Å². The first-order valence-corrected chi connectivity index (χ1v) is 9.06. The number of fused-ring (bicyclic) bond motifs is 1. The average molecular weight is 394 g/mol. The van der Waals surface area contributed by atoms with Crippen LogP contribution in [0.1, 0.15) is 43.0 Å². The predicted molar refractivity (Wildman–Crippen MR) is 93.9 cm³/mol. The Bertz CT molecular complexity index is 903. The minimum absolute atomic E-state index is 0.0718. The molecule has 0 bridgehead atoms. The van der Waals surface area contributed by atoms with E-state index < -0.39 is 0 Å². The third kappa shape index (κ3) is 2.33. The Morgan fingerprint density at radius 2 is 2.00 bits per heavy atom. The maximum atomic E-state index is 12.9. The smallest absolute Gasteiger partial charge is 0.270 e. The molecule has 0 aromatic carbocycles. The van der Waals surface area contributed by atoms with Gasteiger partial charge in [0, 0.05) is 22.6 Å². The summed E-state index contributed by atoms with van der Waals surface area (Å²) in [5, 5.41) is 8.83. The molecule has 0 unspecified atom stereocenters. The minimum Gasteiger partial charge on any atom is -0.343 e. The number of rotatable bonds is 1. The van der Waals surface area contributed by atoms with Gasteiger partial charge in [0.25, 0.3) is 5.56 Å². The number of aromatic nitrogens is 2. The molecule has 3 N–H and O–H groups in total. The lowest BCUT2D eigenvalue weighted by Crippen LogP contribution is -2.34. The quantitative estimate of drug-likeness (QED) is 0.690. The molecular weight excluding hydrogens is 378 g/mol. The molecule has 23 heavy (non-hydrogen) atoms. The van der Waals surface area contributed by atoms with Gasteiger partial charge in [-0.25, -0.2) is 0 Å². The number of aromatic amines is 2. The number of ketones is 1. The molecule has 1 aliphatic heterocycles. The molecule has 2 aromatic rings. The van der Waals surface area contributed by atoms with Gasteiger partial charge in [0.2, 0.25) is 0 Å². The number of carbonyl (C=O) groups is 1. The Morgan fingerprint density at radius 1 is 1.22 bits per heavy atom. The van der Waals surface area contributed by atoms with Gasteiger partial charge in [-0.2, -0.15) is 0 Å². The molecule has 3 heterocycles. The van der Waals surface area contributed by atoms with Gasteiger partial charge in [0.15, 0.2) is 5.78 Å². The van der Waals surface area contributed by atoms with Gasteiger partial charge in [-0.1, -0.05) is 13.8 Å². The van der Waals surface area contributed by atoms with Crippen LogP contribution in [0, 0.1) is 5.41 Å². The van der Waals surface area contributed by atoms with Crippen molar-refractivity contribution in [1.82, 2.24) is 10.2 Å². The molecule has 0 saturated heterocycles. The van der Waals surface area contributed by atoms with Gasteiger partial charge in [0.05, 0.1) is 15.3 Å². The summed E-state index contributed by atoms with van der Waals surface area (Å²) in [6.45, 7) is 4.20. The molecule has 0 fully saturated rings. The van der Waals surface area contributed by atoms with Crippen LogP contribution in [0.2, 0.25) is 0 Å². The molecule has 1 aliphatic carbocycles. The molecule has 1 atom stereocenters. The predicted octanol–water partition coefficient (Wildman–Crippen LogP) is 3.73. The van der Waals surface area contributed by atoms with Crippen molar-refractivity contribution >= 4 is 38.9 Å². The van der Waals surface area contributed by atoms with Crippen molar-refractivity contribution in [2.45, 2.75) is 32.6 Å². The van der Waals surface area contributed by atoms with E-state index in [1.165, 1.54) is 0 Å². The molecule has 0 amide bonds. The lowest BCUT2D eigenvalue weighted by molar-refractivity contribution is -0.118. The zero-order valence-corrected chi connectivity index (χ0v) is 15.2. The zero-order valence-electron chi connectivity index (χ0n) is 12.7. The Labute approximate surface area is 145 Å². The largest absolute Gasteiger partial charge is 0.343 e. The molecule has 2 aromatic heterocycles. The molecule has 120 valence electrons. The fraction of sp³-hybridized carbons (Fsp3) is 0.375. The zero-order chi connectivity index (χ0) is 16.4. The van der Waals surface area contributed by atoms with E-state index >= 15 is 0 Å². The van der Waals surface area contributed by atoms with Crippen LogP contribution in [-0.2, 0) is 4.79 Å². The van der Waals surface area contributed by atoms with Crippen molar-refractivity contribution < 1.29 is 4.79 Å². The fourth-order valence-corrected chi connectivity index (χ4v) is 5.13. The van der Waals surface area contributed by atoms with Crippen molar-refractivity contribution in [2.24, 2.45) is 5.41 Å². The van der Waals surface area contributed by atoms with Crippen LogP contribution >= 0.6 is 27.3 Å². The summed E-state index contributed by atoms with van der Waals surface area (Å²) in [6, 6.07) is 3.94. The number of nitrogens with one attached hydrogen (secondary N) is 3. The fourth-order valence-electron chi connectivity index (χ4n) is 3.59. The highest BCUT2D eigenvalue weighted by molar-refractivity contribution is 9.11. The monoisotopic (exact) mass is 393 g/mol. The lowest BCUT2D eigenvalue weighted by atomic mass is 9.70. The first kappa shape index (κ1) is 15.0. The van der Waals surface area contributed by atoms with E-state index in [0.717, 1.165) is 26.4 Å². The molecule has 2 aliphatic rings. The second-order valence-electron chi connectivity index (χ2n) is 6.90. The number of hydrogen-bond donors (Lipinski definition) is 3. The summed E-state index contributed by atoms with van der Waals surface area (Å²) in [5.41, 5.74) is 2.04.